The molecule has 1 atom stereocenters. The van der Waals surface area contributed by atoms with Gasteiger partial charge < -0.3 is 15.0 Å². The zero-order valence-corrected chi connectivity index (χ0v) is 19.0. The highest BCUT2D eigenvalue weighted by Gasteiger charge is 2.35. The number of hydrogen-bond acceptors (Lipinski definition) is 4. The molecule has 2 amide bonds. The maximum Gasteiger partial charge on any atom is 0.416 e. The normalized spacial score (nSPS) is 15.4. The minimum Gasteiger partial charge on any atom is -0.496 e. The molecule has 0 spiro atoms. The van der Waals surface area contributed by atoms with Gasteiger partial charge in [0.15, 0.2) is 5.69 Å². The summed E-state index contributed by atoms with van der Waals surface area (Å²) in [5, 5.41) is 6.77. The van der Waals surface area contributed by atoms with E-state index in [-0.39, 0.29) is 54.5 Å². The van der Waals surface area contributed by atoms with Crippen molar-refractivity contribution in [2.45, 2.75) is 19.1 Å². The van der Waals surface area contributed by atoms with Crippen LogP contribution in [0.2, 0.25) is 0 Å². The fourth-order valence-corrected chi connectivity index (χ4v) is 3.65. The average Bonchev–Trinajstić information content (AvgIpc) is 3.20. The minimum atomic E-state index is -4.49. The van der Waals surface area contributed by atoms with Crippen LogP contribution >= 0.6 is 13.5 Å². The molecule has 0 fully saturated rings. The molecule has 3 aromatic rings. The predicted octanol–water partition coefficient (Wildman–Crippen LogP) is 4.64. The molecule has 1 aromatic heterocycles. The fraction of sp³-hybridized carbons (Fsp3) is 0.227. The monoisotopic (exact) mass is 496 g/mol. The van der Waals surface area contributed by atoms with Crippen molar-refractivity contribution in [1.29, 1.82) is 0 Å². The van der Waals surface area contributed by atoms with Crippen molar-refractivity contribution in [1.82, 2.24) is 9.78 Å². The van der Waals surface area contributed by atoms with E-state index in [1.165, 1.54) is 41.1 Å². The van der Waals surface area contributed by atoms with Crippen LogP contribution in [0.5, 0.6) is 5.75 Å². The maximum atomic E-state index is 13.5. The number of halogens is 4. The van der Waals surface area contributed by atoms with Gasteiger partial charge in [0.05, 0.1) is 36.2 Å². The summed E-state index contributed by atoms with van der Waals surface area (Å²) in [6.07, 6.45) is -3.18. The second kappa shape index (κ2) is 9.37. The second-order valence-electron chi connectivity index (χ2n) is 7.46. The Balaban J connectivity index is 0.00000324. The van der Waals surface area contributed by atoms with Gasteiger partial charge in [0.1, 0.15) is 11.6 Å². The summed E-state index contributed by atoms with van der Waals surface area (Å²) in [5.74, 6) is -1.75. The van der Waals surface area contributed by atoms with Crippen molar-refractivity contribution in [3.63, 3.8) is 0 Å². The number of aromatic nitrogens is 2. The first-order valence-electron chi connectivity index (χ1n) is 9.81. The topological polar surface area (TPSA) is 76.5 Å². The van der Waals surface area contributed by atoms with E-state index in [2.05, 4.69) is 10.4 Å². The van der Waals surface area contributed by atoms with Gasteiger partial charge in [-0.05, 0) is 43.3 Å². The first-order chi connectivity index (χ1) is 15.6. The third-order valence-electron chi connectivity index (χ3n) is 5.27. The largest absolute Gasteiger partial charge is 0.496 e. The van der Waals surface area contributed by atoms with Gasteiger partial charge >= 0.3 is 6.18 Å². The maximum absolute atomic E-state index is 13.5. The Morgan fingerprint density at radius 2 is 1.85 bits per heavy atom. The Morgan fingerprint density at radius 1 is 1.18 bits per heavy atom. The van der Waals surface area contributed by atoms with Crippen molar-refractivity contribution in [3.8, 4) is 5.75 Å². The molecule has 1 aliphatic rings. The van der Waals surface area contributed by atoms with E-state index in [9.17, 15) is 27.2 Å². The van der Waals surface area contributed by atoms with E-state index >= 15 is 0 Å². The lowest BCUT2D eigenvalue weighted by Gasteiger charge is -2.32. The quantitative estimate of drug-likeness (QED) is 0.534. The summed E-state index contributed by atoms with van der Waals surface area (Å²) in [6.45, 7) is 1.96. The molecule has 12 heteroatoms. The van der Waals surface area contributed by atoms with Crippen LogP contribution in [0.15, 0.2) is 48.7 Å². The van der Waals surface area contributed by atoms with Gasteiger partial charge in [-0.25, -0.2) is 4.39 Å². The molecular weight excluding hydrogens is 476 g/mol. The number of nitrogens with zero attached hydrogens (tertiary/aromatic N) is 3. The number of benzene rings is 2. The molecule has 180 valence electrons. The van der Waals surface area contributed by atoms with Gasteiger partial charge in [-0.15, -0.1) is 0 Å². The molecule has 2 aromatic carbocycles. The Bertz CT molecular complexity index is 1230. The number of amides is 2. The van der Waals surface area contributed by atoms with E-state index in [0.29, 0.717) is 0 Å². The van der Waals surface area contributed by atoms with E-state index in [0.717, 1.165) is 24.3 Å². The molecule has 0 bridgehead atoms. The third kappa shape index (κ3) is 4.58. The van der Waals surface area contributed by atoms with Gasteiger partial charge in [-0.1, -0.05) is 0 Å². The smallest absolute Gasteiger partial charge is 0.416 e. The third-order valence-corrected chi connectivity index (χ3v) is 5.27. The van der Waals surface area contributed by atoms with Crippen LogP contribution in [-0.2, 0) is 6.18 Å². The van der Waals surface area contributed by atoms with E-state index in [1.807, 2.05) is 0 Å². The highest BCUT2D eigenvalue weighted by atomic mass is 32.1. The van der Waals surface area contributed by atoms with Crippen molar-refractivity contribution >= 4 is 36.7 Å². The zero-order chi connectivity index (χ0) is 23.9. The van der Waals surface area contributed by atoms with Crippen LogP contribution in [0.1, 0.15) is 39.4 Å². The number of rotatable bonds is 4. The number of ether oxygens (including phenoxy) is 1. The van der Waals surface area contributed by atoms with Gasteiger partial charge in [-0.3, -0.25) is 14.3 Å². The van der Waals surface area contributed by atoms with E-state index in [4.69, 9.17) is 4.74 Å². The number of anilines is 2. The van der Waals surface area contributed by atoms with Crippen molar-refractivity contribution in [2.75, 3.05) is 23.9 Å². The predicted molar refractivity (Wildman–Crippen MR) is 121 cm³/mol. The van der Waals surface area contributed by atoms with Gasteiger partial charge in [0.2, 0.25) is 0 Å². The SMILES string of the molecule is COc1cc(F)ccc1C(=O)Nc1cnn2c1C(=O)N(c1ccc(C(F)(F)F)cc1)C[C@@H]2C.S. The first-order valence-corrected chi connectivity index (χ1v) is 9.81. The molecule has 4 rings (SSSR count). The Morgan fingerprint density at radius 3 is 2.47 bits per heavy atom. The summed E-state index contributed by atoms with van der Waals surface area (Å²) in [4.78, 5) is 27.3. The second-order valence-corrected chi connectivity index (χ2v) is 7.46. The molecule has 1 N–H and O–H groups in total. The summed E-state index contributed by atoms with van der Waals surface area (Å²) < 4.78 is 58.6. The van der Waals surface area contributed by atoms with E-state index < -0.39 is 29.4 Å². The molecule has 0 saturated carbocycles. The first kappa shape index (κ1) is 25.1. The minimum absolute atomic E-state index is 0. The molecule has 0 unspecified atom stereocenters. The zero-order valence-electron chi connectivity index (χ0n) is 18.0. The van der Waals surface area contributed by atoms with Crippen LogP contribution in [0.4, 0.5) is 28.9 Å². The van der Waals surface area contributed by atoms with Crippen LogP contribution in [-0.4, -0.2) is 35.2 Å². The highest BCUT2D eigenvalue weighted by molar-refractivity contribution is 7.59. The molecule has 1 aliphatic heterocycles. The molecule has 0 saturated heterocycles. The van der Waals surface area contributed by atoms with Gasteiger partial charge in [0.25, 0.3) is 11.8 Å². The summed E-state index contributed by atoms with van der Waals surface area (Å²) >= 11 is 0. The van der Waals surface area contributed by atoms with E-state index in [1.54, 1.807) is 6.92 Å². The van der Waals surface area contributed by atoms with Crippen LogP contribution in [0.3, 0.4) is 0 Å². The number of carbonyl (C=O) groups excluding carboxylic acids is 2. The summed E-state index contributed by atoms with van der Waals surface area (Å²) in [5.41, 5.74) is -0.308. The molecule has 0 aliphatic carbocycles. The van der Waals surface area contributed by atoms with Crippen molar-refractivity contribution in [3.05, 3.63) is 71.3 Å². The number of carbonyl (C=O) groups is 2. The fourth-order valence-electron chi connectivity index (χ4n) is 3.65. The lowest BCUT2D eigenvalue weighted by Crippen LogP contribution is -2.43. The number of methoxy groups -OCH3 is 1. The van der Waals surface area contributed by atoms with Crippen LogP contribution in [0, 0.1) is 5.82 Å². The van der Waals surface area contributed by atoms with Crippen LogP contribution in [0.25, 0.3) is 0 Å². The molecular formula is C22H20F4N4O3S. The average molecular weight is 496 g/mol. The summed E-state index contributed by atoms with van der Waals surface area (Å²) in [6, 6.07) is 7.35. The number of alkyl halides is 3. The lowest BCUT2D eigenvalue weighted by atomic mass is 10.1. The Labute approximate surface area is 198 Å². The molecule has 2 heterocycles. The van der Waals surface area contributed by atoms with Crippen LogP contribution < -0.4 is 15.0 Å². The Kier molecular flexibility index (Phi) is 6.92. The molecule has 7 nitrogen and oxygen atoms in total. The summed E-state index contributed by atoms with van der Waals surface area (Å²) in [7, 11) is 1.29. The van der Waals surface area contributed by atoms with Crippen molar-refractivity contribution in [2.24, 2.45) is 0 Å². The number of hydrogen-bond donors (Lipinski definition) is 1. The van der Waals surface area contributed by atoms with Crippen molar-refractivity contribution < 1.29 is 31.9 Å². The van der Waals surface area contributed by atoms with Gasteiger partial charge in [-0.2, -0.15) is 31.8 Å². The highest BCUT2D eigenvalue weighted by Crippen LogP contribution is 2.34. The standard InChI is InChI=1S/C22H18F4N4O3.H2S/c1-12-11-29(15-6-3-13(4-7-15)22(24,25)26)21(32)19-17(10-27-30(12)19)28-20(31)16-8-5-14(23)9-18(16)33-2;/h3-10,12H,11H2,1-2H3,(H,28,31);1H2/t12-;/m0./s1. The molecule has 0 radical (unpaired) electrons. The Hall–Kier alpha value is -3.54. The number of nitrogens with one attached hydrogen (secondary N) is 1. The molecule has 34 heavy (non-hydrogen) atoms. The van der Waals surface area contributed by atoms with Gasteiger partial charge in [0, 0.05) is 18.3 Å². The lowest BCUT2D eigenvalue weighted by molar-refractivity contribution is -0.137. The number of fused-ring (bicyclic) bond motifs is 1.